The number of carboxylic acids is 1. The maximum Gasteiger partial charge on any atom is 0.326 e. The molecule has 120 valence electrons. The molecule has 2 rings (SSSR count). The number of aryl methyl sites for hydroxylation is 2. The quantitative estimate of drug-likeness (QED) is 0.886. The summed E-state index contributed by atoms with van der Waals surface area (Å²) in [5.41, 5.74) is 5.57. The fourth-order valence-electron chi connectivity index (χ4n) is 3.51. The Labute approximate surface area is 133 Å². The normalized spacial score (nSPS) is 17.7. The molecule has 0 aliphatic carbocycles. The van der Waals surface area contributed by atoms with Crippen molar-refractivity contribution in [1.82, 2.24) is 0 Å². The minimum absolute atomic E-state index is 0.309. The second-order valence-corrected chi connectivity index (χ2v) is 6.95. The molecule has 1 aromatic rings. The molecule has 0 saturated carbocycles. The van der Waals surface area contributed by atoms with Gasteiger partial charge in [-0.05, 0) is 69.9 Å². The molecular weight excluding hydrogens is 274 g/mol. The molecule has 1 aromatic carbocycles. The van der Waals surface area contributed by atoms with Crippen LogP contribution in [0, 0.1) is 13.8 Å². The van der Waals surface area contributed by atoms with Gasteiger partial charge in [-0.15, -0.1) is 0 Å². The monoisotopic (exact) mass is 301 g/mol. The van der Waals surface area contributed by atoms with Crippen LogP contribution in [0.1, 0.15) is 57.2 Å². The van der Waals surface area contributed by atoms with Gasteiger partial charge in [-0.3, -0.25) is 0 Å². The lowest BCUT2D eigenvalue weighted by Crippen LogP contribution is -2.54. The zero-order valence-corrected chi connectivity index (χ0v) is 14.5. The summed E-state index contributed by atoms with van der Waals surface area (Å²) < 4.78 is 0. The van der Waals surface area contributed by atoms with Crippen LogP contribution in [0.5, 0.6) is 0 Å². The predicted octanol–water partition coefficient (Wildman–Crippen LogP) is 4.56. The molecule has 1 atom stereocenters. The maximum absolute atomic E-state index is 11.9. The van der Waals surface area contributed by atoms with E-state index in [1.165, 1.54) is 16.7 Å². The van der Waals surface area contributed by atoms with Gasteiger partial charge in [0, 0.05) is 11.3 Å². The lowest BCUT2D eigenvalue weighted by Gasteiger charge is -2.46. The highest BCUT2D eigenvalue weighted by molar-refractivity contribution is 5.87. The number of anilines is 1. The number of benzene rings is 1. The number of rotatable bonds is 4. The van der Waals surface area contributed by atoms with E-state index in [2.05, 4.69) is 57.7 Å². The molecule has 1 N–H and O–H groups in total. The SMILES string of the molecule is CCC[C@H](C(=O)O)N1c2cc(C)c(C)cc2C(C)=CC1(C)C. The molecule has 0 aromatic heterocycles. The van der Waals surface area contributed by atoms with E-state index in [0.717, 1.165) is 17.7 Å². The van der Waals surface area contributed by atoms with E-state index in [4.69, 9.17) is 0 Å². The van der Waals surface area contributed by atoms with Crippen LogP contribution in [-0.4, -0.2) is 22.7 Å². The van der Waals surface area contributed by atoms with Crippen molar-refractivity contribution in [3.8, 4) is 0 Å². The number of hydrogen-bond donors (Lipinski definition) is 1. The molecule has 1 aliphatic rings. The fraction of sp³-hybridized carbons (Fsp3) is 0.526. The molecule has 0 spiro atoms. The van der Waals surface area contributed by atoms with Gasteiger partial charge in [-0.25, -0.2) is 4.79 Å². The molecule has 0 fully saturated rings. The maximum atomic E-state index is 11.9. The highest BCUT2D eigenvalue weighted by atomic mass is 16.4. The smallest absolute Gasteiger partial charge is 0.326 e. The van der Waals surface area contributed by atoms with Crippen molar-refractivity contribution in [2.45, 2.75) is 66.0 Å². The first-order valence-corrected chi connectivity index (χ1v) is 8.02. The van der Waals surface area contributed by atoms with Gasteiger partial charge in [0.15, 0.2) is 0 Å². The van der Waals surface area contributed by atoms with Crippen LogP contribution in [0.3, 0.4) is 0 Å². The zero-order valence-electron chi connectivity index (χ0n) is 14.5. The second kappa shape index (κ2) is 5.79. The molecule has 0 unspecified atom stereocenters. The Morgan fingerprint density at radius 1 is 1.23 bits per heavy atom. The van der Waals surface area contributed by atoms with Crippen LogP contribution in [-0.2, 0) is 4.79 Å². The zero-order chi connectivity index (χ0) is 16.7. The standard InChI is InChI=1S/C19H27NO2/c1-7-8-16(18(21)22)20-17-10-13(3)12(2)9-15(17)14(4)11-19(20,5)6/h9-11,16H,7-8H2,1-6H3,(H,21,22)/t16-/m1/s1. The molecule has 3 nitrogen and oxygen atoms in total. The topological polar surface area (TPSA) is 40.5 Å². The number of fused-ring (bicyclic) bond motifs is 1. The van der Waals surface area contributed by atoms with E-state index in [9.17, 15) is 9.90 Å². The van der Waals surface area contributed by atoms with Gasteiger partial charge in [0.05, 0.1) is 5.54 Å². The van der Waals surface area contributed by atoms with Gasteiger partial charge in [-0.2, -0.15) is 0 Å². The van der Waals surface area contributed by atoms with E-state index in [0.29, 0.717) is 6.42 Å². The second-order valence-electron chi connectivity index (χ2n) is 6.95. The summed E-state index contributed by atoms with van der Waals surface area (Å²) in [5, 5.41) is 9.74. The van der Waals surface area contributed by atoms with Crippen molar-refractivity contribution >= 4 is 17.2 Å². The first kappa shape index (κ1) is 16.6. The summed E-state index contributed by atoms with van der Waals surface area (Å²) in [6.45, 7) is 12.5. The van der Waals surface area contributed by atoms with Crippen molar-refractivity contribution in [2.75, 3.05) is 4.90 Å². The Morgan fingerprint density at radius 3 is 2.36 bits per heavy atom. The van der Waals surface area contributed by atoms with Gasteiger partial charge in [0.25, 0.3) is 0 Å². The van der Waals surface area contributed by atoms with Crippen LogP contribution >= 0.6 is 0 Å². The fourth-order valence-corrected chi connectivity index (χ4v) is 3.51. The molecule has 3 heteroatoms. The van der Waals surface area contributed by atoms with E-state index in [-0.39, 0.29) is 5.54 Å². The Balaban J connectivity index is 2.67. The Bertz CT molecular complexity index is 629. The lowest BCUT2D eigenvalue weighted by molar-refractivity contribution is -0.139. The van der Waals surface area contributed by atoms with Crippen molar-refractivity contribution in [3.63, 3.8) is 0 Å². The number of nitrogens with zero attached hydrogens (tertiary/aromatic N) is 1. The molecule has 22 heavy (non-hydrogen) atoms. The third kappa shape index (κ3) is 2.77. The Morgan fingerprint density at radius 2 is 1.82 bits per heavy atom. The number of hydrogen-bond acceptors (Lipinski definition) is 2. The van der Waals surface area contributed by atoms with Gasteiger partial charge < -0.3 is 10.0 Å². The van der Waals surface area contributed by atoms with Gasteiger partial charge in [0.1, 0.15) is 6.04 Å². The number of allylic oxidation sites excluding steroid dienone is 1. The summed E-state index contributed by atoms with van der Waals surface area (Å²) >= 11 is 0. The van der Waals surface area contributed by atoms with Gasteiger partial charge in [-0.1, -0.05) is 19.4 Å². The van der Waals surface area contributed by atoms with Gasteiger partial charge in [0.2, 0.25) is 0 Å². The van der Waals surface area contributed by atoms with Crippen molar-refractivity contribution in [2.24, 2.45) is 0 Å². The summed E-state index contributed by atoms with van der Waals surface area (Å²) in [5.74, 6) is -0.743. The van der Waals surface area contributed by atoms with Crippen LogP contribution < -0.4 is 4.90 Å². The molecule has 0 radical (unpaired) electrons. The third-order valence-corrected chi connectivity index (χ3v) is 4.65. The van der Waals surface area contributed by atoms with E-state index in [1.807, 2.05) is 6.92 Å². The molecule has 0 saturated heterocycles. The average molecular weight is 301 g/mol. The number of aliphatic carboxylic acids is 1. The minimum atomic E-state index is -0.743. The van der Waals surface area contributed by atoms with Crippen LogP contribution in [0.25, 0.3) is 5.57 Å². The average Bonchev–Trinajstić information content (AvgIpc) is 2.39. The van der Waals surface area contributed by atoms with E-state index >= 15 is 0 Å². The van der Waals surface area contributed by atoms with Crippen LogP contribution in [0.15, 0.2) is 18.2 Å². The molecule has 1 heterocycles. The van der Waals surface area contributed by atoms with Crippen molar-refractivity contribution in [1.29, 1.82) is 0 Å². The van der Waals surface area contributed by atoms with Crippen molar-refractivity contribution in [3.05, 3.63) is 34.9 Å². The summed E-state index contributed by atoms with van der Waals surface area (Å²) in [6, 6.07) is 3.84. The summed E-state index contributed by atoms with van der Waals surface area (Å²) in [7, 11) is 0. The number of carboxylic acid groups (broad SMARTS) is 1. The highest BCUT2D eigenvalue weighted by Crippen LogP contribution is 2.42. The van der Waals surface area contributed by atoms with E-state index < -0.39 is 12.0 Å². The van der Waals surface area contributed by atoms with Gasteiger partial charge >= 0.3 is 5.97 Å². The first-order valence-electron chi connectivity index (χ1n) is 8.02. The Kier molecular flexibility index (Phi) is 4.37. The Hall–Kier alpha value is -1.77. The predicted molar refractivity (Wildman–Crippen MR) is 92.5 cm³/mol. The third-order valence-electron chi connectivity index (χ3n) is 4.65. The van der Waals surface area contributed by atoms with Crippen LogP contribution in [0.2, 0.25) is 0 Å². The van der Waals surface area contributed by atoms with E-state index in [1.54, 1.807) is 0 Å². The molecule has 0 amide bonds. The lowest BCUT2D eigenvalue weighted by atomic mass is 9.85. The highest BCUT2D eigenvalue weighted by Gasteiger charge is 2.39. The molecule has 1 aliphatic heterocycles. The summed E-state index contributed by atoms with van der Waals surface area (Å²) in [4.78, 5) is 13.9. The van der Waals surface area contributed by atoms with Crippen LogP contribution in [0.4, 0.5) is 5.69 Å². The summed E-state index contributed by atoms with van der Waals surface area (Å²) in [6.07, 6.45) is 3.69. The minimum Gasteiger partial charge on any atom is -0.480 e. The molecular formula is C19H27NO2. The van der Waals surface area contributed by atoms with Crippen molar-refractivity contribution < 1.29 is 9.90 Å². The molecule has 0 bridgehead atoms. The largest absolute Gasteiger partial charge is 0.480 e. The number of carbonyl (C=O) groups is 1. The first-order chi connectivity index (χ1) is 10.2.